The van der Waals surface area contributed by atoms with Gasteiger partial charge in [0.1, 0.15) is 0 Å². The topological polar surface area (TPSA) is 43.8 Å². The quantitative estimate of drug-likeness (QED) is 0.918. The lowest BCUT2D eigenvalue weighted by atomic mass is 9.74. The first kappa shape index (κ1) is 11.1. The molecule has 4 heteroatoms. The molecule has 1 aliphatic carbocycles. The number of nitrogens with zero attached hydrogens (tertiary/aromatic N) is 2. The molecule has 1 saturated carbocycles. The molecule has 1 fully saturated rings. The predicted molar refractivity (Wildman–Crippen MR) is 74.0 cm³/mol. The van der Waals surface area contributed by atoms with E-state index in [1.54, 1.807) is 0 Å². The number of fused-ring (bicyclic) bond motifs is 1. The van der Waals surface area contributed by atoms with Crippen LogP contribution in [-0.4, -0.2) is 9.55 Å². The SMILES string of the molecule is CCC1(n2c(N)nc3cc(Br)ccc32)CCC1. The average molecular weight is 294 g/mol. The molecule has 3 rings (SSSR count). The second kappa shape index (κ2) is 3.73. The number of anilines is 1. The van der Waals surface area contributed by atoms with Crippen LogP contribution in [0.5, 0.6) is 0 Å². The fourth-order valence-electron chi connectivity index (χ4n) is 2.89. The first-order valence-electron chi connectivity index (χ1n) is 6.10. The van der Waals surface area contributed by atoms with Gasteiger partial charge >= 0.3 is 0 Å². The Morgan fingerprint density at radius 1 is 1.47 bits per heavy atom. The first-order chi connectivity index (χ1) is 8.16. The van der Waals surface area contributed by atoms with Crippen LogP contribution in [0.15, 0.2) is 22.7 Å². The Balaban J connectivity index is 2.25. The molecule has 0 atom stereocenters. The fourth-order valence-corrected chi connectivity index (χ4v) is 3.24. The zero-order chi connectivity index (χ0) is 12.0. The van der Waals surface area contributed by atoms with Crippen LogP contribution in [0.4, 0.5) is 5.95 Å². The van der Waals surface area contributed by atoms with E-state index in [-0.39, 0.29) is 5.54 Å². The maximum atomic E-state index is 6.11. The van der Waals surface area contributed by atoms with E-state index >= 15 is 0 Å². The van der Waals surface area contributed by atoms with Gasteiger partial charge in [-0.3, -0.25) is 0 Å². The summed E-state index contributed by atoms with van der Waals surface area (Å²) in [5.41, 5.74) is 8.47. The van der Waals surface area contributed by atoms with Crippen molar-refractivity contribution in [2.75, 3.05) is 5.73 Å². The van der Waals surface area contributed by atoms with Crippen molar-refractivity contribution in [2.45, 2.75) is 38.1 Å². The molecule has 1 aromatic heterocycles. The second-order valence-corrected chi connectivity index (χ2v) is 5.79. The van der Waals surface area contributed by atoms with Gasteiger partial charge in [0.05, 0.1) is 11.0 Å². The summed E-state index contributed by atoms with van der Waals surface area (Å²) in [6.45, 7) is 2.24. The Morgan fingerprint density at radius 3 is 2.82 bits per heavy atom. The molecule has 3 nitrogen and oxygen atoms in total. The van der Waals surface area contributed by atoms with Gasteiger partial charge in [-0.1, -0.05) is 22.9 Å². The minimum Gasteiger partial charge on any atom is -0.369 e. The van der Waals surface area contributed by atoms with Crippen LogP contribution in [0.1, 0.15) is 32.6 Å². The van der Waals surface area contributed by atoms with Crippen molar-refractivity contribution in [2.24, 2.45) is 0 Å². The molecule has 0 spiro atoms. The summed E-state index contributed by atoms with van der Waals surface area (Å²) in [4.78, 5) is 4.48. The van der Waals surface area contributed by atoms with Gasteiger partial charge in [0, 0.05) is 10.0 Å². The monoisotopic (exact) mass is 293 g/mol. The molecular formula is C13H16BrN3. The molecule has 1 aromatic carbocycles. The van der Waals surface area contributed by atoms with E-state index in [1.807, 2.05) is 6.07 Å². The molecule has 90 valence electrons. The summed E-state index contributed by atoms with van der Waals surface area (Å²) < 4.78 is 3.30. The highest BCUT2D eigenvalue weighted by molar-refractivity contribution is 9.10. The molecule has 1 heterocycles. The van der Waals surface area contributed by atoms with Gasteiger partial charge in [0.25, 0.3) is 0 Å². The molecule has 0 radical (unpaired) electrons. The summed E-state index contributed by atoms with van der Waals surface area (Å²) >= 11 is 3.47. The van der Waals surface area contributed by atoms with Crippen molar-refractivity contribution >= 4 is 32.9 Å². The van der Waals surface area contributed by atoms with Gasteiger partial charge in [-0.15, -0.1) is 0 Å². The Kier molecular flexibility index (Phi) is 2.43. The third-order valence-corrected chi connectivity index (χ3v) is 4.55. The van der Waals surface area contributed by atoms with Crippen LogP contribution in [0.2, 0.25) is 0 Å². The standard InChI is InChI=1S/C13H16BrN3/c1-2-13(6-3-7-13)17-11-5-4-9(14)8-10(11)16-12(17)15/h4-5,8H,2-3,6-7H2,1H3,(H2,15,16). The number of aromatic nitrogens is 2. The highest BCUT2D eigenvalue weighted by atomic mass is 79.9. The molecule has 2 aromatic rings. The van der Waals surface area contributed by atoms with E-state index in [2.05, 4.69) is 44.5 Å². The number of nitrogens with two attached hydrogens (primary N) is 1. The van der Waals surface area contributed by atoms with E-state index < -0.39 is 0 Å². The number of imidazole rings is 1. The van der Waals surface area contributed by atoms with Crippen LogP contribution in [0, 0.1) is 0 Å². The maximum absolute atomic E-state index is 6.11. The summed E-state index contributed by atoms with van der Waals surface area (Å²) in [6.07, 6.45) is 4.85. The summed E-state index contributed by atoms with van der Waals surface area (Å²) in [6, 6.07) is 6.20. The van der Waals surface area contributed by atoms with E-state index in [0.717, 1.165) is 21.9 Å². The van der Waals surface area contributed by atoms with Gasteiger partial charge in [0.2, 0.25) is 5.95 Å². The lowest BCUT2D eigenvalue weighted by Gasteiger charge is -2.43. The molecule has 0 unspecified atom stereocenters. The molecule has 0 bridgehead atoms. The second-order valence-electron chi connectivity index (χ2n) is 4.87. The normalized spacial score (nSPS) is 18.2. The third-order valence-electron chi connectivity index (χ3n) is 4.06. The van der Waals surface area contributed by atoms with Crippen LogP contribution in [0.3, 0.4) is 0 Å². The first-order valence-corrected chi connectivity index (χ1v) is 6.89. The summed E-state index contributed by atoms with van der Waals surface area (Å²) in [5.74, 6) is 0.652. The smallest absolute Gasteiger partial charge is 0.201 e. The van der Waals surface area contributed by atoms with Gasteiger partial charge in [-0.2, -0.15) is 0 Å². The highest BCUT2D eigenvalue weighted by Gasteiger charge is 2.39. The highest BCUT2D eigenvalue weighted by Crippen LogP contribution is 2.45. The number of hydrogen-bond donors (Lipinski definition) is 1. The Morgan fingerprint density at radius 2 is 2.24 bits per heavy atom. The molecule has 0 saturated heterocycles. The van der Waals surface area contributed by atoms with Crippen molar-refractivity contribution in [3.8, 4) is 0 Å². The van der Waals surface area contributed by atoms with Crippen molar-refractivity contribution in [1.29, 1.82) is 0 Å². The number of benzene rings is 1. The molecule has 17 heavy (non-hydrogen) atoms. The third kappa shape index (κ3) is 1.50. The van der Waals surface area contributed by atoms with Gasteiger partial charge in [0.15, 0.2) is 0 Å². The van der Waals surface area contributed by atoms with Crippen LogP contribution in [-0.2, 0) is 5.54 Å². The molecular weight excluding hydrogens is 278 g/mol. The van der Waals surface area contributed by atoms with Gasteiger partial charge < -0.3 is 10.3 Å². The minimum absolute atomic E-state index is 0.215. The fraction of sp³-hybridized carbons (Fsp3) is 0.462. The van der Waals surface area contributed by atoms with E-state index in [4.69, 9.17) is 5.73 Å². The summed E-state index contributed by atoms with van der Waals surface area (Å²) in [7, 11) is 0. The van der Waals surface area contributed by atoms with Crippen molar-refractivity contribution < 1.29 is 0 Å². The maximum Gasteiger partial charge on any atom is 0.201 e. The Labute approximate surface area is 109 Å². The Bertz CT molecular complexity index is 564. The van der Waals surface area contributed by atoms with Gasteiger partial charge in [-0.25, -0.2) is 4.98 Å². The van der Waals surface area contributed by atoms with Crippen molar-refractivity contribution in [3.63, 3.8) is 0 Å². The van der Waals surface area contributed by atoms with Gasteiger partial charge in [-0.05, 0) is 43.9 Å². The van der Waals surface area contributed by atoms with Crippen LogP contribution in [0.25, 0.3) is 11.0 Å². The van der Waals surface area contributed by atoms with E-state index in [0.29, 0.717) is 5.95 Å². The zero-order valence-electron chi connectivity index (χ0n) is 9.91. The van der Waals surface area contributed by atoms with Crippen LogP contribution >= 0.6 is 15.9 Å². The number of nitrogen functional groups attached to an aromatic ring is 1. The number of rotatable bonds is 2. The summed E-state index contributed by atoms with van der Waals surface area (Å²) in [5, 5.41) is 0. The molecule has 0 amide bonds. The largest absolute Gasteiger partial charge is 0.369 e. The number of hydrogen-bond acceptors (Lipinski definition) is 2. The van der Waals surface area contributed by atoms with E-state index in [9.17, 15) is 0 Å². The molecule has 2 N–H and O–H groups in total. The predicted octanol–water partition coefficient (Wildman–Crippen LogP) is 3.67. The average Bonchev–Trinajstić information content (AvgIpc) is 2.55. The minimum atomic E-state index is 0.215. The lowest BCUT2D eigenvalue weighted by Crippen LogP contribution is -2.40. The van der Waals surface area contributed by atoms with Crippen LogP contribution < -0.4 is 5.73 Å². The lowest BCUT2D eigenvalue weighted by molar-refractivity contribution is 0.144. The zero-order valence-corrected chi connectivity index (χ0v) is 11.5. The number of halogens is 1. The molecule has 0 aliphatic heterocycles. The van der Waals surface area contributed by atoms with E-state index in [1.165, 1.54) is 19.3 Å². The molecule has 1 aliphatic rings. The van der Waals surface area contributed by atoms with Crippen molar-refractivity contribution in [3.05, 3.63) is 22.7 Å². The Hall–Kier alpha value is -1.03. The van der Waals surface area contributed by atoms with Crippen molar-refractivity contribution in [1.82, 2.24) is 9.55 Å².